The monoisotopic (exact) mass is 201 g/mol. The molecule has 0 aromatic carbocycles. The van der Waals surface area contributed by atoms with E-state index in [0.717, 1.165) is 12.8 Å². The molecule has 0 saturated carbocycles. The van der Waals surface area contributed by atoms with Gasteiger partial charge in [-0.05, 0) is 6.42 Å². The molecule has 1 saturated heterocycles. The number of cyclic esters (lactones) is 1. The standard InChI is InChI=1S/C9H15NO4/c1-2-3-5-10-7(8(11)12)4-6-14-9(10)13/h7H,2-6H2,1H3,(H,11,12). The van der Waals surface area contributed by atoms with Crippen LogP contribution in [0.4, 0.5) is 4.79 Å². The van der Waals surface area contributed by atoms with Crippen molar-refractivity contribution in [1.29, 1.82) is 0 Å². The Balaban J connectivity index is 2.61. The van der Waals surface area contributed by atoms with E-state index in [1.54, 1.807) is 0 Å². The molecular weight excluding hydrogens is 186 g/mol. The van der Waals surface area contributed by atoms with Crippen molar-refractivity contribution in [1.82, 2.24) is 4.90 Å². The molecule has 0 aromatic heterocycles. The third-order valence-electron chi connectivity index (χ3n) is 2.27. The lowest BCUT2D eigenvalue weighted by Gasteiger charge is -2.32. The summed E-state index contributed by atoms with van der Waals surface area (Å²) in [6.45, 7) is 2.66. The number of ether oxygens (including phenoxy) is 1. The summed E-state index contributed by atoms with van der Waals surface area (Å²) in [7, 11) is 0. The number of rotatable bonds is 4. The van der Waals surface area contributed by atoms with E-state index in [1.165, 1.54) is 4.90 Å². The van der Waals surface area contributed by atoms with Gasteiger partial charge in [-0.2, -0.15) is 0 Å². The van der Waals surface area contributed by atoms with Crippen LogP contribution in [0.2, 0.25) is 0 Å². The first-order valence-corrected chi connectivity index (χ1v) is 4.83. The van der Waals surface area contributed by atoms with E-state index in [4.69, 9.17) is 9.84 Å². The van der Waals surface area contributed by atoms with Crippen LogP contribution in [0.5, 0.6) is 0 Å². The van der Waals surface area contributed by atoms with E-state index in [-0.39, 0.29) is 6.61 Å². The van der Waals surface area contributed by atoms with E-state index >= 15 is 0 Å². The number of carbonyl (C=O) groups excluding carboxylic acids is 1. The Morgan fingerprint density at radius 3 is 3.00 bits per heavy atom. The minimum Gasteiger partial charge on any atom is -0.480 e. The van der Waals surface area contributed by atoms with Gasteiger partial charge in [0.2, 0.25) is 0 Å². The quantitative estimate of drug-likeness (QED) is 0.739. The Morgan fingerprint density at radius 1 is 1.71 bits per heavy atom. The van der Waals surface area contributed by atoms with Gasteiger partial charge in [0.05, 0.1) is 6.61 Å². The molecule has 5 heteroatoms. The Labute approximate surface area is 82.6 Å². The Morgan fingerprint density at radius 2 is 2.43 bits per heavy atom. The summed E-state index contributed by atoms with van der Waals surface area (Å²) in [5, 5.41) is 8.88. The summed E-state index contributed by atoms with van der Waals surface area (Å²) in [5.41, 5.74) is 0. The Bertz CT molecular complexity index is 229. The predicted molar refractivity (Wildman–Crippen MR) is 49.0 cm³/mol. The van der Waals surface area contributed by atoms with Crippen molar-refractivity contribution in [3.63, 3.8) is 0 Å². The van der Waals surface area contributed by atoms with Gasteiger partial charge >= 0.3 is 12.1 Å². The molecule has 1 heterocycles. The Hall–Kier alpha value is -1.26. The first kappa shape index (κ1) is 10.8. The van der Waals surface area contributed by atoms with Gasteiger partial charge < -0.3 is 9.84 Å². The highest BCUT2D eigenvalue weighted by Crippen LogP contribution is 2.14. The van der Waals surface area contributed by atoms with Gasteiger partial charge in [0, 0.05) is 13.0 Å². The summed E-state index contributed by atoms with van der Waals surface area (Å²) < 4.78 is 4.79. The molecule has 1 unspecified atom stereocenters. The van der Waals surface area contributed by atoms with Crippen molar-refractivity contribution in [2.24, 2.45) is 0 Å². The van der Waals surface area contributed by atoms with Crippen LogP contribution in [0.25, 0.3) is 0 Å². The smallest absolute Gasteiger partial charge is 0.410 e. The zero-order valence-corrected chi connectivity index (χ0v) is 8.23. The van der Waals surface area contributed by atoms with Crippen molar-refractivity contribution in [3.8, 4) is 0 Å². The highest BCUT2D eigenvalue weighted by atomic mass is 16.6. The average Bonchev–Trinajstić information content (AvgIpc) is 2.15. The number of hydrogen-bond acceptors (Lipinski definition) is 3. The number of nitrogens with zero attached hydrogens (tertiary/aromatic N) is 1. The fourth-order valence-corrected chi connectivity index (χ4v) is 1.46. The molecule has 1 fully saturated rings. The van der Waals surface area contributed by atoms with Crippen molar-refractivity contribution >= 4 is 12.1 Å². The molecule has 14 heavy (non-hydrogen) atoms. The molecule has 5 nitrogen and oxygen atoms in total. The van der Waals surface area contributed by atoms with Crippen LogP contribution in [0.15, 0.2) is 0 Å². The summed E-state index contributed by atoms with van der Waals surface area (Å²) in [6.07, 6.45) is 1.61. The summed E-state index contributed by atoms with van der Waals surface area (Å²) >= 11 is 0. The highest BCUT2D eigenvalue weighted by Gasteiger charge is 2.33. The van der Waals surface area contributed by atoms with E-state index < -0.39 is 18.1 Å². The number of aliphatic carboxylic acids is 1. The van der Waals surface area contributed by atoms with E-state index in [9.17, 15) is 9.59 Å². The van der Waals surface area contributed by atoms with Crippen LogP contribution in [-0.2, 0) is 9.53 Å². The molecule has 0 radical (unpaired) electrons. The number of amides is 1. The predicted octanol–water partition coefficient (Wildman–Crippen LogP) is 1.08. The topological polar surface area (TPSA) is 66.8 Å². The molecule has 80 valence electrons. The highest BCUT2D eigenvalue weighted by molar-refractivity contribution is 5.80. The van der Waals surface area contributed by atoms with Crippen molar-refractivity contribution in [2.75, 3.05) is 13.2 Å². The molecule has 1 amide bonds. The summed E-state index contributed by atoms with van der Waals surface area (Å²) in [5.74, 6) is -0.947. The molecule has 1 N–H and O–H groups in total. The second-order valence-corrected chi connectivity index (χ2v) is 3.30. The lowest BCUT2D eigenvalue weighted by Crippen LogP contribution is -2.50. The van der Waals surface area contributed by atoms with Crippen LogP contribution >= 0.6 is 0 Å². The average molecular weight is 201 g/mol. The maximum absolute atomic E-state index is 11.3. The number of hydrogen-bond donors (Lipinski definition) is 1. The van der Waals surface area contributed by atoms with Gasteiger partial charge in [0.1, 0.15) is 6.04 Å². The summed E-state index contributed by atoms with van der Waals surface area (Å²) in [4.78, 5) is 23.4. The van der Waals surface area contributed by atoms with Gasteiger partial charge in [-0.25, -0.2) is 9.59 Å². The van der Waals surface area contributed by atoms with E-state index in [0.29, 0.717) is 13.0 Å². The fourth-order valence-electron chi connectivity index (χ4n) is 1.46. The molecule has 0 aliphatic carbocycles. The van der Waals surface area contributed by atoms with Gasteiger partial charge in [-0.1, -0.05) is 13.3 Å². The van der Waals surface area contributed by atoms with Gasteiger partial charge in [0.15, 0.2) is 0 Å². The van der Waals surface area contributed by atoms with Gasteiger partial charge in [-0.15, -0.1) is 0 Å². The van der Waals surface area contributed by atoms with Crippen LogP contribution < -0.4 is 0 Å². The molecule has 1 rings (SSSR count). The van der Waals surface area contributed by atoms with E-state index in [1.807, 2.05) is 6.92 Å². The van der Waals surface area contributed by atoms with Gasteiger partial charge in [-0.3, -0.25) is 4.90 Å². The molecule has 1 aliphatic heterocycles. The molecule has 1 atom stereocenters. The van der Waals surface area contributed by atoms with Crippen molar-refractivity contribution in [2.45, 2.75) is 32.2 Å². The number of carbonyl (C=O) groups is 2. The zero-order chi connectivity index (χ0) is 10.6. The van der Waals surface area contributed by atoms with E-state index in [2.05, 4.69) is 0 Å². The molecule has 0 bridgehead atoms. The van der Waals surface area contributed by atoms with Crippen LogP contribution in [0.3, 0.4) is 0 Å². The third-order valence-corrected chi connectivity index (χ3v) is 2.27. The molecular formula is C9H15NO4. The number of carboxylic acids is 1. The SMILES string of the molecule is CCCCN1C(=O)OCCC1C(=O)O. The van der Waals surface area contributed by atoms with Crippen LogP contribution in [0.1, 0.15) is 26.2 Å². The third kappa shape index (κ3) is 2.37. The second-order valence-electron chi connectivity index (χ2n) is 3.30. The molecule has 1 aliphatic rings. The second kappa shape index (κ2) is 4.83. The minimum atomic E-state index is -0.947. The minimum absolute atomic E-state index is 0.207. The maximum Gasteiger partial charge on any atom is 0.410 e. The molecule has 0 spiro atoms. The largest absolute Gasteiger partial charge is 0.480 e. The number of carboxylic acid groups (broad SMARTS) is 1. The Kier molecular flexibility index (Phi) is 3.73. The number of unbranched alkanes of at least 4 members (excludes halogenated alkanes) is 1. The zero-order valence-electron chi connectivity index (χ0n) is 8.23. The van der Waals surface area contributed by atoms with Gasteiger partial charge in [0.25, 0.3) is 0 Å². The first-order valence-electron chi connectivity index (χ1n) is 4.83. The molecule has 0 aromatic rings. The van der Waals surface area contributed by atoms with Crippen molar-refractivity contribution < 1.29 is 19.4 Å². The van der Waals surface area contributed by atoms with Crippen LogP contribution in [0, 0.1) is 0 Å². The normalized spacial score (nSPS) is 21.9. The van der Waals surface area contributed by atoms with Crippen LogP contribution in [-0.4, -0.2) is 41.3 Å². The first-order chi connectivity index (χ1) is 6.66. The van der Waals surface area contributed by atoms with Crippen molar-refractivity contribution in [3.05, 3.63) is 0 Å². The lowest BCUT2D eigenvalue weighted by molar-refractivity contribution is -0.144. The lowest BCUT2D eigenvalue weighted by atomic mass is 10.1. The fraction of sp³-hybridized carbons (Fsp3) is 0.778. The maximum atomic E-state index is 11.3. The summed E-state index contributed by atoms with van der Waals surface area (Å²) in [6, 6.07) is -0.706.